The zero-order chi connectivity index (χ0) is 16.4. The molecule has 0 aromatic carbocycles. The number of nitrogens with zero attached hydrogens (tertiary/aromatic N) is 1. The summed E-state index contributed by atoms with van der Waals surface area (Å²) in [6.07, 6.45) is 3.19. The van der Waals surface area contributed by atoms with Crippen LogP contribution >= 0.6 is 11.8 Å². The third kappa shape index (κ3) is 10.4. The quantitative estimate of drug-likeness (QED) is 0.568. The summed E-state index contributed by atoms with van der Waals surface area (Å²) in [5, 5.41) is 14.5. The maximum Gasteiger partial charge on any atom is 0.326 e. The van der Waals surface area contributed by atoms with Crippen LogP contribution in [0.5, 0.6) is 0 Å². The molecule has 2 amide bonds. The molecular weight excluding hydrogens is 290 g/mol. The van der Waals surface area contributed by atoms with Crippen LogP contribution in [-0.4, -0.2) is 66.7 Å². The lowest BCUT2D eigenvalue weighted by atomic mass is 10.0. The number of thioether (sulfide) groups is 1. The second kappa shape index (κ2) is 10.7. The lowest BCUT2D eigenvalue weighted by Gasteiger charge is -2.25. The zero-order valence-corrected chi connectivity index (χ0v) is 14.5. The summed E-state index contributed by atoms with van der Waals surface area (Å²) < 4.78 is 0. The van der Waals surface area contributed by atoms with Crippen molar-refractivity contribution in [2.75, 3.05) is 32.6 Å². The summed E-state index contributed by atoms with van der Waals surface area (Å²) in [5.41, 5.74) is 0. The fourth-order valence-corrected chi connectivity index (χ4v) is 2.54. The summed E-state index contributed by atoms with van der Waals surface area (Å²) in [4.78, 5) is 25.1. The molecule has 0 aliphatic carbocycles. The van der Waals surface area contributed by atoms with Crippen LogP contribution in [0.15, 0.2) is 0 Å². The summed E-state index contributed by atoms with van der Waals surface area (Å²) in [5.74, 6) is 0.166. The molecule has 0 rings (SSSR count). The Labute approximate surface area is 132 Å². The number of nitrogens with one attached hydrogen (secondary N) is 2. The summed E-state index contributed by atoms with van der Waals surface area (Å²) in [6.45, 7) is 4.93. The molecule has 2 atom stereocenters. The molecule has 0 aliphatic rings. The highest BCUT2D eigenvalue weighted by Gasteiger charge is 2.21. The molecule has 21 heavy (non-hydrogen) atoms. The second-order valence-corrected chi connectivity index (χ2v) is 6.86. The van der Waals surface area contributed by atoms with Crippen LogP contribution < -0.4 is 10.6 Å². The highest BCUT2D eigenvalue weighted by Crippen LogP contribution is 2.06. The van der Waals surface area contributed by atoms with E-state index in [4.69, 9.17) is 5.11 Å². The second-order valence-electron chi connectivity index (χ2n) is 5.88. The van der Waals surface area contributed by atoms with Gasteiger partial charge in [-0.15, -0.1) is 0 Å². The minimum Gasteiger partial charge on any atom is -0.480 e. The van der Waals surface area contributed by atoms with Gasteiger partial charge >= 0.3 is 12.0 Å². The van der Waals surface area contributed by atoms with Crippen molar-refractivity contribution in [1.29, 1.82) is 0 Å². The maximum absolute atomic E-state index is 12.0. The number of carboxylic acid groups (broad SMARTS) is 1. The number of likely N-dealkylation sites (N-methyl/N-ethyl adjacent to an activating group) is 1. The van der Waals surface area contributed by atoms with Gasteiger partial charge in [0.2, 0.25) is 0 Å². The molecule has 0 bridgehead atoms. The molecule has 0 aromatic heterocycles. The van der Waals surface area contributed by atoms with Gasteiger partial charge < -0.3 is 20.6 Å². The van der Waals surface area contributed by atoms with Crippen LogP contribution in [0.3, 0.4) is 0 Å². The van der Waals surface area contributed by atoms with Crippen LogP contribution in [0.25, 0.3) is 0 Å². The summed E-state index contributed by atoms with van der Waals surface area (Å²) in [7, 11) is 3.90. The average Bonchev–Trinajstić information content (AvgIpc) is 2.32. The Morgan fingerprint density at radius 3 is 2.29 bits per heavy atom. The fraction of sp³-hybridized carbons (Fsp3) is 0.857. The first-order valence-electron chi connectivity index (χ1n) is 7.19. The van der Waals surface area contributed by atoms with E-state index in [-0.39, 0.29) is 6.04 Å². The van der Waals surface area contributed by atoms with Crippen molar-refractivity contribution in [3.05, 3.63) is 0 Å². The molecule has 7 heteroatoms. The molecule has 0 saturated heterocycles. The van der Waals surface area contributed by atoms with Crippen LogP contribution in [0.2, 0.25) is 0 Å². The molecular formula is C14H29N3O3S. The van der Waals surface area contributed by atoms with Gasteiger partial charge in [0, 0.05) is 12.6 Å². The highest BCUT2D eigenvalue weighted by atomic mass is 32.2. The van der Waals surface area contributed by atoms with E-state index >= 15 is 0 Å². The Kier molecular flexibility index (Phi) is 10.2. The minimum absolute atomic E-state index is 0.00925. The van der Waals surface area contributed by atoms with E-state index in [9.17, 15) is 9.59 Å². The van der Waals surface area contributed by atoms with E-state index in [0.29, 0.717) is 18.1 Å². The van der Waals surface area contributed by atoms with Crippen molar-refractivity contribution in [2.45, 2.75) is 38.8 Å². The van der Waals surface area contributed by atoms with Crippen molar-refractivity contribution in [3.63, 3.8) is 0 Å². The van der Waals surface area contributed by atoms with Gasteiger partial charge in [-0.3, -0.25) is 0 Å². The van der Waals surface area contributed by atoms with Gasteiger partial charge in [0.15, 0.2) is 0 Å². The Balaban J connectivity index is 4.47. The van der Waals surface area contributed by atoms with Crippen LogP contribution in [0.4, 0.5) is 4.79 Å². The first-order valence-corrected chi connectivity index (χ1v) is 8.59. The third-order valence-electron chi connectivity index (χ3n) is 2.89. The number of rotatable bonds is 10. The van der Waals surface area contributed by atoms with Gasteiger partial charge in [-0.1, -0.05) is 13.8 Å². The van der Waals surface area contributed by atoms with Crippen LogP contribution in [-0.2, 0) is 4.79 Å². The Morgan fingerprint density at radius 1 is 1.24 bits per heavy atom. The number of aliphatic carboxylic acids is 1. The number of carboxylic acids is 1. The van der Waals surface area contributed by atoms with Crippen molar-refractivity contribution < 1.29 is 14.7 Å². The van der Waals surface area contributed by atoms with Gasteiger partial charge in [-0.25, -0.2) is 9.59 Å². The smallest absolute Gasteiger partial charge is 0.326 e. The first-order chi connectivity index (χ1) is 9.76. The monoisotopic (exact) mass is 319 g/mol. The molecule has 0 radical (unpaired) electrons. The predicted molar refractivity (Wildman–Crippen MR) is 87.9 cm³/mol. The molecule has 0 aliphatic heterocycles. The Hall–Kier alpha value is -0.950. The standard InChI is InChI=1S/C14H29N3O3S/c1-10(2)8-11(9-17(3)4)15-14(20)16-12(13(18)19)6-7-21-5/h10-12H,6-9H2,1-5H3,(H,18,19)(H2,15,16,20)/t11?,12-/m0/s1. The molecule has 1 unspecified atom stereocenters. The fourth-order valence-electron chi connectivity index (χ4n) is 2.07. The van der Waals surface area contributed by atoms with Gasteiger partial charge in [-0.05, 0) is 44.9 Å². The predicted octanol–water partition coefficient (Wildman–Crippen LogP) is 1.47. The number of carbonyl (C=O) groups excluding carboxylic acids is 1. The minimum atomic E-state index is -0.993. The van der Waals surface area contributed by atoms with Gasteiger partial charge in [0.1, 0.15) is 6.04 Å². The molecule has 0 spiro atoms. The van der Waals surface area contributed by atoms with E-state index in [2.05, 4.69) is 24.5 Å². The summed E-state index contributed by atoms with van der Waals surface area (Å²) in [6, 6.07) is -1.23. The summed E-state index contributed by atoms with van der Waals surface area (Å²) >= 11 is 1.56. The number of hydrogen-bond acceptors (Lipinski definition) is 4. The SMILES string of the molecule is CSCC[C@H](NC(=O)NC(CC(C)C)CN(C)C)C(=O)O. The van der Waals surface area contributed by atoms with Gasteiger partial charge in [0.05, 0.1) is 0 Å². The van der Waals surface area contributed by atoms with E-state index in [1.54, 1.807) is 11.8 Å². The zero-order valence-electron chi connectivity index (χ0n) is 13.7. The van der Waals surface area contributed by atoms with Crippen LogP contribution in [0.1, 0.15) is 26.7 Å². The van der Waals surface area contributed by atoms with E-state index in [1.165, 1.54) is 0 Å². The molecule has 0 aromatic rings. The topological polar surface area (TPSA) is 81.7 Å². The van der Waals surface area contributed by atoms with Crippen molar-refractivity contribution in [1.82, 2.24) is 15.5 Å². The van der Waals surface area contributed by atoms with Gasteiger partial charge in [0.25, 0.3) is 0 Å². The van der Waals surface area contributed by atoms with Crippen molar-refractivity contribution >= 4 is 23.8 Å². The van der Waals surface area contributed by atoms with E-state index in [1.807, 2.05) is 25.3 Å². The first kappa shape index (κ1) is 20.1. The molecule has 0 saturated carbocycles. The lowest BCUT2D eigenvalue weighted by Crippen LogP contribution is -2.51. The normalized spacial score (nSPS) is 14.0. The third-order valence-corrected chi connectivity index (χ3v) is 3.53. The molecule has 6 nitrogen and oxygen atoms in total. The van der Waals surface area contributed by atoms with E-state index < -0.39 is 18.0 Å². The molecule has 0 fully saturated rings. The number of amides is 2. The number of carbonyl (C=O) groups is 2. The average molecular weight is 319 g/mol. The lowest BCUT2D eigenvalue weighted by molar-refractivity contribution is -0.139. The largest absolute Gasteiger partial charge is 0.480 e. The Morgan fingerprint density at radius 2 is 1.86 bits per heavy atom. The van der Waals surface area contributed by atoms with E-state index in [0.717, 1.165) is 13.0 Å². The molecule has 3 N–H and O–H groups in total. The van der Waals surface area contributed by atoms with Crippen molar-refractivity contribution in [2.24, 2.45) is 5.92 Å². The number of hydrogen-bond donors (Lipinski definition) is 3. The number of urea groups is 1. The molecule has 124 valence electrons. The Bertz CT molecular complexity index is 315. The van der Waals surface area contributed by atoms with Crippen LogP contribution in [0, 0.1) is 5.92 Å². The highest BCUT2D eigenvalue weighted by molar-refractivity contribution is 7.98. The van der Waals surface area contributed by atoms with Gasteiger partial charge in [-0.2, -0.15) is 11.8 Å². The molecule has 0 heterocycles. The van der Waals surface area contributed by atoms with Crippen molar-refractivity contribution in [3.8, 4) is 0 Å². The maximum atomic E-state index is 12.0.